The number of esters is 1. The summed E-state index contributed by atoms with van der Waals surface area (Å²) >= 11 is 3.27. The summed E-state index contributed by atoms with van der Waals surface area (Å²) in [4.78, 5) is 15.3. The van der Waals surface area contributed by atoms with Crippen LogP contribution in [0.5, 0.6) is 0 Å². The van der Waals surface area contributed by atoms with E-state index in [1.165, 1.54) is 0 Å². The first-order valence-corrected chi connectivity index (χ1v) is 5.08. The Morgan fingerprint density at radius 1 is 1.69 bits per heavy atom. The summed E-state index contributed by atoms with van der Waals surface area (Å²) in [7, 11) is 0. The summed E-state index contributed by atoms with van der Waals surface area (Å²) in [5.41, 5.74) is 1.37. The third-order valence-corrected chi connectivity index (χ3v) is 2.04. The van der Waals surface area contributed by atoms with E-state index in [9.17, 15) is 4.79 Å². The van der Waals surface area contributed by atoms with Crippen LogP contribution in [-0.2, 0) is 10.1 Å². The molecule has 70 valence electrons. The second-order valence-corrected chi connectivity index (χ2v) is 2.95. The smallest absolute Gasteiger partial charge is 0.338 e. The van der Waals surface area contributed by atoms with Crippen LogP contribution in [0.1, 0.15) is 23.0 Å². The highest BCUT2D eigenvalue weighted by Crippen LogP contribution is 2.06. The molecule has 0 aliphatic carbocycles. The standard InChI is InChI=1S/C9H10BrNO2/c1-2-13-9(12)7-3-4-11-8(5-7)6-10/h3-5H,2,6H2,1H3. The van der Waals surface area contributed by atoms with Gasteiger partial charge in [0.1, 0.15) is 0 Å². The fourth-order valence-corrected chi connectivity index (χ4v) is 1.20. The zero-order valence-corrected chi connectivity index (χ0v) is 8.87. The van der Waals surface area contributed by atoms with E-state index >= 15 is 0 Å². The average molecular weight is 244 g/mol. The van der Waals surface area contributed by atoms with Crippen molar-refractivity contribution in [1.29, 1.82) is 0 Å². The maximum Gasteiger partial charge on any atom is 0.338 e. The molecule has 0 amide bonds. The van der Waals surface area contributed by atoms with Crippen molar-refractivity contribution in [3.8, 4) is 0 Å². The maximum atomic E-state index is 11.2. The minimum absolute atomic E-state index is 0.299. The fraction of sp³-hybridized carbons (Fsp3) is 0.333. The van der Waals surface area contributed by atoms with Crippen molar-refractivity contribution in [1.82, 2.24) is 4.98 Å². The van der Waals surface area contributed by atoms with Crippen LogP contribution >= 0.6 is 15.9 Å². The molecule has 0 aliphatic rings. The monoisotopic (exact) mass is 243 g/mol. The van der Waals surface area contributed by atoms with Crippen molar-refractivity contribution in [3.63, 3.8) is 0 Å². The van der Waals surface area contributed by atoms with Gasteiger partial charge in [-0.2, -0.15) is 0 Å². The lowest BCUT2D eigenvalue weighted by Gasteiger charge is -2.01. The van der Waals surface area contributed by atoms with Gasteiger partial charge < -0.3 is 4.74 Å². The summed E-state index contributed by atoms with van der Waals surface area (Å²) < 4.78 is 4.85. The second kappa shape index (κ2) is 4.97. The van der Waals surface area contributed by atoms with Crippen molar-refractivity contribution >= 4 is 21.9 Å². The van der Waals surface area contributed by atoms with Crippen LogP contribution < -0.4 is 0 Å². The van der Waals surface area contributed by atoms with Crippen molar-refractivity contribution in [2.45, 2.75) is 12.3 Å². The molecule has 0 saturated carbocycles. The number of aromatic nitrogens is 1. The largest absolute Gasteiger partial charge is 0.462 e. The molecule has 0 N–H and O–H groups in total. The fourth-order valence-electron chi connectivity index (χ4n) is 0.893. The number of hydrogen-bond acceptors (Lipinski definition) is 3. The molecule has 0 bridgehead atoms. The Morgan fingerprint density at radius 2 is 2.46 bits per heavy atom. The molecule has 1 rings (SSSR count). The van der Waals surface area contributed by atoms with Crippen molar-refractivity contribution < 1.29 is 9.53 Å². The Kier molecular flexibility index (Phi) is 3.89. The number of nitrogens with zero attached hydrogens (tertiary/aromatic N) is 1. The highest BCUT2D eigenvalue weighted by atomic mass is 79.9. The molecular weight excluding hydrogens is 234 g/mol. The van der Waals surface area contributed by atoms with Crippen LogP contribution in [0, 0.1) is 0 Å². The van der Waals surface area contributed by atoms with Crippen LogP contribution in [0.25, 0.3) is 0 Å². The second-order valence-electron chi connectivity index (χ2n) is 2.39. The van der Waals surface area contributed by atoms with Gasteiger partial charge in [-0.3, -0.25) is 4.98 Å². The Morgan fingerprint density at radius 3 is 3.08 bits per heavy atom. The van der Waals surface area contributed by atoms with Gasteiger partial charge in [0.05, 0.1) is 17.9 Å². The van der Waals surface area contributed by atoms with Gasteiger partial charge in [-0.15, -0.1) is 0 Å². The molecule has 0 radical (unpaired) electrons. The van der Waals surface area contributed by atoms with E-state index in [4.69, 9.17) is 4.74 Å². The molecule has 13 heavy (non-hydrogen) atoms. The van der Waals surface area contributed by atoms with E-state index in [0.29, 0.717) is 17.5 Å². The molecule has 1 aromatic heterocycles. The van der Waals surface area contributed by atoms with Gasteiger partial charge in [0.15, 0.2) is 0 Å². The summed E-state index contributed by atoms with van der Waals surface area (Å²) in [6.07, 6.45) is 1.60. The van der Waals surface area contributed by atoms with Crippen LogP contribution in [0.15, 0.2) is 18.3 Å². The van der Waals surface area contributed by atoms with E-state index in [1.807, 2.05) is 0 Å². The number of halogens is 1. The number of hydrogen-bond donors (Lipinski definition) is 0. The molecule has 0 aliphatic heterocycles. The number of ether oxygens (including phenoxy) is 1. The average Bonchev–Trinajstić information content (AvgIpc) is 2.18. The van der Waals surface area contributed by atoms with Gasteiger partial charge in [-0.25, -0.2) is 4.79 Å². The van der Waals surface area contributed by atoms with Crippen LogP contribution in [0.2, 0.25) is 0 Å². The lowest BCUT2D eigenvalue weighted by Crippen LogP contribution is -2.05. The van der Waals surface area contributed by atoms with Gasteiger partial charge in [0.25, 0.3) is 0 Å². The lowest BCUT2D eigenvalue weighted by atomic mass is 10.2. The highest BCUT2D eigenvalue weighted by molar-refractivity contribution is 9.08. The first-order chi connectivity index (χ1) is 6.27. The van der Waals surface area contributed by atoms with Crippen LogP contribution in [0.4, 0.5) is 0 Å². The third kappa shape index (κ3) is 2.81. The molecular formula is C9H10BrNO2. The molecule has 0 atom stereocenters. The highest BCUT2D eigenvalue weighted by Gasteiger charge is 2.06. The predicted molar refractivity (Wildman–Crippen MR) is 52.8 cm³/mol. The minimum atomic E-state index is -0.299. The SMILES string of the molecule is CCOC(=O)c1ccnc(CBr)c1. The Hall–Kier alpha value is -0.900. The minimum Gasteiger partial charge on any atom is -0.462 e. The van der Waals surface area contributed by atoms with Crippen molar-refractivity contribution in [2.75, 3.05) is 6.61 Å². The molecule has 0 unspecified atom stereocenters. The predicted octanol–water partition coefficient (Wildman–Crippen LogP) is 2.15. The Balaban J connectivity index is 2.82. The van der Waals surface area contributed by atoms with E-state index < -0.39 is 0 Å². The molecule has 3 nitrogen and oxygen atoms in total. The zero-order chi connectivity index (χ0) is 9.68. The van der Waals surface area contributed by atoms with Gasteiger partial charge >= 0.3 is 5.97 Å². The Bertz CT molecular complexity index is 301. The zero-order valence-electron chi connectivity index (χ0n) is 7.29. The van der Waals surface area contributed by atoms with Crippen molar-refractivity contribution in [2.24, 2.45) is 0 Å². The molecule has 1 aromatic rings. The number of carbonyl (C=O) groups is 1. The third-order valence-electron chi connectivity index (χ3n) is 1.46. The topological polar surface area (TPSA) is 39.2 Å². The molecule has 1 heterocycles. The quantitative estimate of drug-likeness (QED) is 0.604. The number of rotatable bonds is 3. The molecule has 0 saturated heterocycles. The summed E-state index contributed by atoms with van der Waals surface area (Å²) in [5, 5.41) is 0.639. The number of pyridine rings is 1. The first kappa shape index (κ1) is 10.2. The van der Waals surface area contributed by atoms with Gasteiger partial charge in [-0.05, 0) is 19.1 Å². The van der Waals surface area contributed by atoms with E-state index in [2.05, 4.69) is 20.9 Å². The van der Waals surface area contributed by atoms with E-state index in [1.54, 1.807) is 25.3 Å². The Labute approximate surface area is 85.3 Å². The van der Waals surface area contributed by atoms with Crippen LogP contribution in [0.3, 0.4) is 0 Å². The van der Waals surface area contributed by atoms with Crippen LogP contribution in [-0.4, -0.2) is 17.6 Å². The molecule has 0 spiro atoms. The lowest BCUT2D eigenvalue weighted by molar-refractivity contribution is 0.0526. The first-order valence-electron chi connectivity index (χ1n) is 3.96. The summed E-state index contributed by atoms with van der Waals surface area (Å²) in [6.45, 7) is 2.18. The number of carbonyl (C=O) groups excluding carboxylic acids is 1. The number of alkyl halides is 1. The van der Waals surface area contributed by atoms with Crippen molar-refractivity contribution in [3.05, 3.63) is 29.6 Å². The van der Waals surface area contributed by atoms with Gasteiger partial charge in [0.2, 0.25) is 0 Å². The van der Waals surface area contributed by atoms with Gasteiger partial charge in [0, 0.05) is 11.5 Å². The normalized spacial score (nSPS) is 9.69. The summed E-state index contributed by atoms with van der Waals surface area (Å²) in [6, 6.07) is 3.36. The molecule has 0 aromatic carbocycles. The summed E-state index contributed by atoms with van der Waals surface area (Å²) in [5.74, 6) is -0.299. The maximum absolute atomic E-state index is 11.2. The molecule has 4 heteroatoms. The van der Waals surface area contributed by atoms with E-state index in [0.717, 1.165) is 5.69 Å². The van der Waals surface area contributed by atoms with Gasteiger partial charge in [-0.1, -0.05) is 15.9 Å². The van der Waals surface area contributed by atoms with E-state index in [-0.39, 0.29) is 5.97 Å². The molecule has 0 fully saturated rings.